The van der Waals surface area contributed by atoms with Crippen LogP contribution in [0.1, 0.15) is 36.0 Å². The fourth-order valence-corrected chi connectivity index (χ4v) is 4.36. The van der Waals surface area contributed by atoms with E-state index in [4.69, 9.17) is 9.97 Å². The van der Waals surface area contributed by atoms with E-state index in [0.29, 0.717) is 11.7 Å². The van der Waals surface area contributed by atoms with Gasteiger partial charge in [0.05, 0.1) is 0 Å². The van der Waals surface area contributed by atoms with Crippen molar-refractivity contribution in [1.29, 1.82) is 0 Å². The second kappa shape index (κ2) is 7.55. The van der Waals surface area contributed by atoms with Gasteiger partial charge in [-0.3, -0.25) is 0 Å². The van der Waals surface area contributed by atoms with Crippen molar-refractivity contribution in [2.75, 3.05) is 49.1 Å². The number of aromatic nitrogens is 6. The molecule has 0 bridgehead atoms. The normalized spacial score (nSPS) is 18.6. The monoisotopic (exact) mass is 393 g/mol. The van der Waals surface area contributed by atoms with Crippen LogP contribution < -0.4 is 15.1 Å². The molecule has 5 rings (SSSR count). The van der Waals surface area contributed by atoms with Crippen molar-refractivity contribution in [3.63, 3.8) is 0 Å². The molecule has 2 aliphatic rings. The molecule has 5 heterocycles. The average Bonchev–Trinajstić information content (AvgIpc) is 3.22. The highest BCUT2D eigenvalue weighted by molar-refractivity contribution is 5.50. The maximum atomic E-state index is 4.75. The smallest absolute Gasteiger partial charge is 0.254 e. The molecule has 0 amide bonds. The number of aryl methyl sites for hydroxylation is 2. The second-order valence-corrected chi connectivity index (χ2v) is 7.92. The molecule has 2 saturated heterocycles. The van der Waals surface area contributed by atoms with Gasteiger partial charge in [0.1, 0.15) is 23.8 Å². The molecule has 1 N–H and O–H groups in total. The van der Waals surface area contributed by atoms with Crippen molar-refractivity contribution in [2.24, 2.45) is 0 Å². The number of nitrogens with zero attached hydrogens (tertiary/aromatic N) is 8. The van der Waals surface area contributed by atoms with Gasteiger partial charge in [-0.25, -0.2) is 15.0 Å². The second-order valence-electron chi connectivity index (χ2n) is 7.92. The number of hydrogen-bond donors (Lipinski definition) is 1. The van der Waals surface area contributed by atoms with E-state index in [1.807, 2.05) is 18.4 Å². The molecule has 152 valence electrons. The van der Waals surface area contributed by atoms with E-state index >= 15 is 0 Å². The summed E-state index contributed by atoms with van der Waals surface area (Å²) in [5, 5.41) is 7.79. The number of rotatable bonds is 3. The minimum absolute atomic E-state index is 0.540. The first kappa shape index (κ1) is 18.2. The lowest BCUT2D eigenvalue weighted by Gasteiger charge is -2.37. The van der Waals surface area contributed by atoms with Crippen molar-refractivity contribution in [3.8, 4) is 0 Å². The molecule has 0 unspecified atom stereocenters. The van der Waals surface area contributed by atoms with Crippen LogP contribution in [0.4, 0.5) is 11.6 Å². The lowest BCUT2D eigenvalue weighted by atomic mass is 9.94. The first-order valence-corrected chi connectivity index (χ1v) is 10.4. The molecule has 0 radical (unpaired) electrons. The predicted octanol–water partition coefficient (Wildman–Crippen LogP) is 1.32. The summed E-state index contributed by atoms with van der Waals surface area (Å²) in [7, 11) is 0. The highest BCUT2D eigenvalue weighted by Gasteiger charge is 2.23. The van der Waals surface area contributed by atoms with Crippen LogP contribution >= 0.6 is 0 Å². The summed E-state index contributed by atoms with van der Waals surface area (Å²) in [5.41, 5.74) is 2.16. The van der Waals surface area contributed by atoms with E-state index in [1.54, 1.807) is 6.33 Å². The van der Waals surface area contributed by atoms with E-state index in [2.05, 4.69) is 42.3 Å². The number of nitrogens with one attached hydrogen (secondary N) is 1. The molecule has 2 fully saturated rings. The fraction of sp³-hybridized carbons (Fsp3) is 0.550. The van der Waals surface area contributed by atoms with E-state index in [-0.39, 0.29) is 0 Å². The molecular formula is C20H27N9. The molecule has 3 aromatic rings. The molecule has 0 saturated carbocycles. The zero-order valence-electron chi connectivity index (χ0n) is 17.0. The Balaban J connectivity index is 1.34. The Hall–Kier alpha value is -2.81. The fourth-order valence-electron chi connectivity index (χ4n) is 4.36. The summed E-state index contributed by atoms with van der Waals surface area (Å²) < 4.78 is 1.83. The average molecular weight is 393 g/mol. The zero-order chi connectivity index (χ0) is 19.8. The molecule has 0 aromatic carbocycles. The van der Waals surface area contributed by atoms with Crippen LogP contribution in [0.15, 0.2) is 18.5 Å². The first-order chi connectivity index (χ1) is 14.2. The third-order valence-electron chi connectivity index (χ3n) is 5.89. The first-order valence-electron chi connectivity index (χ1n) is 10.4. The standard InChI is InChI=1S/C20H27N9/c1-14-11-19(29-20(24-14)22-13-23-29)28-9-7-27(8-10-28)18-12-17(25-15(2)26-18)16-3-5-21-6-4-16/h11-13,16,21H,3-10H2,1-2H3. The summed E-state index contributed by atoms with van der Waals surface area (Å²) in [5.74, 6) is 4.17. The van der Waals surface area contributed by atoms with Crippen molar-refractivity contribution >= 4 is 17.4 Å². The van der Waals surface area contributed by atoms with Crippen LogP contribution in [0.25, 0.3) is 5.78 Å². The molecule has 0 aliphatic carbocycles. The SMILES string of the molecule is Cc1cc(N2CCN(c3cc(C4CCNCC4)nc(C)n3)CC2)n2ncnc2n1. The molecule has 2 aliphatic heterocycles. The van der Waals surface area contributed by atoms with Gasteiger partial charge in [-0.15, -0.1) is 0 Å². The van der Waals surface area contributed by atoms with Gasteiger partial charge in [0.25, 0.3) is 5.78 Å². The van der Waals surface area contributed by atoms with E-state index in [1.165, 1.54) is 5.69 Å². The Morgan fingerprint density at radius 2 is 1.69 bits per heavy atom. The van der Waals surface area contributed by atoms with Crippen LogP contribution in [-0.2, 0) is 0 Å². The largest absolute Gasteiger partial charge is 0.353 e. The van der Waals surface area contributed by atoms with Crippen LogP contribution in [0.5, 0.6) is 0 Å². The van der Waals surface area contributed by atoms with Crippen molar-refractivity contribution in [2.45, 2.75) is 32.6 Å². The van der Waals surface area contributed by atoms with Crippen LogP contribution in [0, 0.1) is 13.8 Å². The maximum Gasteiger partial charge on any atom is 0.254 e. The number of anilines is 2. The lowest BCUT2D eigenvalue weighted by Crippen LogP contribution is -2.47. The summed E-state index contributed by atoms with van der Waals surface area (Å²) >= 11 is 0. The van der Waals surface area contributed by atoms with Crippen LogP contribution in [0.3, 0.4) is 0 Å². The van der Waals surface area contributed by atoms with Gasteiger partial charge in [-0.05, 0) is 39.8 Å². The van der Waals surface area contributed by atoms with Gasteiger partial charge < -0.3 is 15.1 Å². The van der Waals surface area contributed by atoms with Gasteiger partial charge >= 0.3 is 0 Å². The topological polar surface area (TPSA) is 87.4 Å². The molecule has 29 heavy (non-hydrogen) atoms. The molecule has 9 nitrogen and oxygen atoms in total. The Kier molecular flexibility index (Phi) is 4.75. The van der Waals surface area contributed by atoms with Gasteiger partial charge in [0.2, 0.25) is 0 Å². The molecular weight excluding hydrogens is 366 g/mol. The molecule has 0 spiro atoms. The van der Waals surface area contributed by atoms with Crippen LogP contribution in [-0.4, -0.2) is 68.8 Å². The third-order valence-corrected chi connectivity index (χ3v) is 5.89. The van der Waals surface area contributed by atoms with Gasteiger partial charge in [0.15, 0.2) is 0 Å². The highest BCUT2D eigenvalue weighted by atomic mass is 15.4. The summed E-state index contributed by atoms with van der Waals surface area (Å²) in [6.07, 6.45) is 3.87. The predicted molar refractivity (Wildman–Crippen MR) is 112 cm³/mol. The van der Waals surface area contributed by atoms with Crippen molar-refractivity contribution < 1.29 is 0 Å². The summed E-state index contributed by atoms with van der Waals surface area (Å²) in [6.45, 7) is 9.80. The summed E-state index contributed by atoms with van der Waals surface area (Å²) in [6, 6.07) is 4.30. The van der Waals surface area contributed by atoms with E-state index in [0.717, 1.165) is 75.3 Å². The molecule has 9 heteroatoms. The van der Waals surface area contributed by atoms with Crippen molar-refractivity contribution in [3.05, 3.63) is 35.7 Å². The van der Waals surface area contributed by atoms with Gasteiger partial charge in [-0.1, -0.05) is 0 Å². The highest BCUT2D eigenvalue weighted by Crippen LogP contribution is 2.27. The quantitative estimate of drug-likeness (QED) is 0.713. The van der Waals surface area contributed by atoms with Gasteiger partial charge in [-0.2, -0.15) is 14.6 Å². The third kappa shape index (κ3) is 3.62. The van der Waals surface area contributed by atoms with E-state index in [9.17, 15) is 0 Å². The van der Waals surface area contributed by atoms with Crippen molar-refractivity contribution in [1.82, 2.24) is 34.9 Å². The van der Waals surface area contributed by atoms with Crippen LogP contribution in [0.2, 0.25) is 0 Å². The Bertz CT molecular complexity index is 1000. The maximum absolute atomic E-state index is 4.75. The molecule has 0 atom stereocenters. The van der Waals surface area contributed by atoms with Gasteiger partial charge in [0, 0.05) is 55.6 Å². The number of hydrogen-bond acceptors (Lipinski definition) is 8. The number of piperazine rings is 1. The lowest BCUT2D eigenvalue weighted by molar-refractivity contribution is 0.452. The minimum atomic E-state index is 0.540. The number of fused-ring (bicyclic) bond motifs is 1. The Morgan fingerprint density at radius 1 is 0.931 bits per heavy atom. The summed E-state index contributed by atoms with van der Waals surface area (Å²) in [4.78, 5) is 22.9. The van der Waals surface area contributed by atoms with E-state index < -0.39 is 0 Å². The zero-order valence-corrected chi connectivity index (χ0v) is 17.0. The molecule has 3 aromatic heterocycles. The minimum Gasteiger partial charge on any atom is -0.353 e. The Labute approximate surface area is 170 Å². The number of piperidine rings is 1. The Morgan fingerprint density at radius 3 is 2.48 bits per heavy atom.